The van der Waals surface area contributed by atoms with Gasteiger partial charge in [0.25, 0.3) is 0 Å². The molecule has 0 unspecified atom stereocenters. The maximum absolute atomic E-state index is 12.4. The molecule has 1 N–H and O–H groups in total. The lowest BCUT2D eigenvalue weighted by Gasteiger charge is -2.09. The lowest BCUT2D eigenvalue weighted by atomic mass is 10.1. The van der Waals surface area contributed by atoms with E-state index in [1.54, 1.807) is 31.2 Å². The zero-order valence-electron chi connectivity index (χ0n) is 17.2. The SMILES string of the molecule is CCOC(=O)c1cccc(NC(=O)CSc2nnc(-c3ccc(C)cc3)n2CC)c1. The molecule has 1 aromatic heterocycles. The molecule has 2 aromatic carbocycles. The molecule has 0 atom stereocenters. The van der Waals surface area contributed by atoms with E-state index in [1.165, 1.54) is 17.3 Å². The number of anilines is 1. The second-order valence-corrected chi connectivity index (χ2v) is 7.50. The van der Waals surface area contributed by atoms with Crippen LogP contribution in [0.4, 0.5) is 5.69 Å². The monoisotopic (exact) mass is 424 g/mol. The molecule has 8 heteroatoms. The second kappa shape index (κ2) is 10.1. The van der Waals surface area contributed by atoms with Gasteiger partial charge >= 0.3 is 5.97 Å². The topological polar surface area (TPSA) is 86.1 Å². The van der Waals surface area contributed by atoms with Crippen LogP contribution < -0.4 is 5.32 Å². The van der Waals surface area contributed by atoms with E-state index in [4.69, 9.17) is 4.74 Å². The van der Waals surface area contributed by atoms with Crippen LogP contribution in [-0.2, 0) is 16.1 Å². The molecule has 0 fully saturated rings. The number of hydrogen-bond donors (Lipinski definition) is 1. The smallest absolute Gasteiger partial charge is 0.338 e. The summed E-state index contributed by atoms with van der Waals surface area (Å²) in [7, 11) is 0. The minimum Gasteiger partial charge on any atom is -0.462 e. The first-order chi connectivity index (χ1) is 14.5. The zero-order valence-corrected chi connectivity index (χ0v) is 18.0. The minimum absolute atomic E-state index is 0.176. The van der Waals surface area contributed by atoms with Crippen molar-refractivity contribution < 1.29 is 14.3 Å². The summed E-state index contributed by atoms with van der Waals surface area (Å²) in [4.78, 5) is 24.2. The van der Waals surface area contributed by atoms with Crippen molar-refractivity contribution in [3.8, 4) is 11.4 Å². The van der Waals surface area contributed by atoms with E-state index < -0.39 is 5.97 Å². The van der Waals surface area contributed by atoms with Crippen LogP contribution in [0, 0.1) is 6.92 Å². The minimum atomic E-state index is -0.414. The number of nitrogens with one attached hydrogen (secondary N) is 1. The van der Waals surface area contributed by atoms with Gasteiger partial charge in [0.1, 0.15) is 0 Å². The van der Waals surface area contributed by atoms with E-state index >= 15 is 0 Å². The van der Waals surface area contributed by atoms with Crippen molar-refractivity contribution in [1.29, 1.82) is 0 Å². The van der Waals surface area contributed by atoms with Crippen molar-refractivity contribution in [2.75, 3.05) is 17.7 Å². The molecule has 1 amide bonds. The second-order valence-electron chi connectivity index (χ2n) is 6.55. The Bertz CT molecular complexity index is 1030. The number of nitrogens with zero attached hydrogens (tertiary/aromatic N) is 3. The number of hydrogen-bond acceptors (Lipinski definition) is 6. The highest BCUT2D eigenvalue weighted by Gasteiger charge is 2.15. The highest BCUT2D eigenvalue weighted by Crippen LogP contribution is 2.24. The van der Waals surface area contributed by atoms with Crippen LogP contribution in [0.3, 0.4) is 0 Å². The molecule has 3 rings (SSSR count). The Morgan fingerprint density at radius 3 is 2.57 bits per heavy atom. The van der Waals surface area contributed by atoms with Crippen LogP contribution in [0.5, 0.6) is 0 Å². The van der Waals surface area contributed by atoms with Gasteiger partial charge < -0.3 is 14.6 Å². The fourth-order valence-corrected chi connectivity index (χ4v) is 3.66. The Kier molecular flexibility index (Phi) is 7.24. The van der Waals surface area contributed by atoms with Crippen LogP contribution in [-0.4, -0.2) is 39.0 Å². The summed E-state index contributed by atoms with van der Waals surface area (Å²) in [6, 6.07) is 14.8. The summed E-state index contributed by atoms with van der Waals surface area (Å²) < 4.78 is 6.98. The van der Waals surface area contributed by atoms with Gasteiger partial charge in [-0.2, -0.15) is 0 Å². The van der Waals surface area contributed by atoms with Gasteiger partial charge in [0.15, 0.2) is 11.0 Å². The lowest BCUT2D eigenvalue weighted by molar-refractivity contribution is -0.113. The predicted octanol–water partition coefficient (Wildman–Crippen LogP) is 4.18. The Labute approximate surface area is 179 Å². The van der Waals surface area contributed by atoms with Crippen LogP contribution in [0.25, 0.3) is 11.4 Å². The summed E-state index contributed by atoms with van der Waals surface area (Å²) in [5.41, 5.74) is 3.11. The fraction of sp³-hybridized carbons (Fsp3) is 0.273. The number of amides is 1. The van der Waals surface area contributed by atoms with Crippen LogP contribution in [0.1, 0.15) is 29.8 Å². The number of carbonyl (C=O) groups is 2. The van der Waals surface area contributed by atoms with Gasteiger partial charge in [-0.05, 0) is 39.0 Å². The molecule has 3 aromatic rings. The molecule has 7 nitrogen and oxygen atoms in total. The normalized spacial score (nSPS) is 10.6. The Balaban J connectivity index is 1.65. The molecule has 0 bridgehead atoms. The summed E-state index contributed by atoms with van der Waals surface area (Å²) in [5.74, 6) is 0.351. The maximum atomic E-state index is 12.4. The Morgan fingerprint density at radius 2 is 1.87 bits per heavy atom. The first-order valence-corrected chi connectivity index (χ1v) is 10.7. The van der Waals surface area contributed by atoms with Crippen LogP contribution in [0.2, 0.25) is 0 Å². The first kappa shape index (κ1) is 21.6. The van der Waals surface area contributed by atoms with Gasteiger partial charge in [-0.1, -0.05) is 47.7 Å². The van der Waals surface area contributed by atoms with Crippen molar-refractivity contribution in [3.63, 3.8) is 0 Å². The number of esters is 1. The Morgan fingerprint density at radius 1 is 1.10 bits per heavy atom. The zero-order chi connectivity index (χ0) is 21.5. The third kappa shape index (κ3) is 5.27. The van der Waals surface area contributed by atoms with Gasteiger partial charge in [-0.15, -0.1) is 10.2 Å². The van der Waals surface area contributed by atoms with Gasteiger partial charge in [0, 0.05) is 17.8 Å². The number of aromatic nitrogens is 3. The lowest BCUT2D eigenvalue weighted by Crippen LogP contribution is -2.15. The van der Waals surface area contributed by atoms with Gasteiger partial charge in [-0.3, -0.25) is 4.79 Å². The quantitative estimate of drug-likeness (QED) is 0.431. The van der Waals surface area contributed by atoms with E-state index in [2.05, 4.69) is 15.5 Å². The highest BCUT2D eigenvalue weighted by atomic mass is 32.2. The summed E-state index contributed by atoms with van der Waals surface area (Å²) in [6.45, 7) is 6.80. The van der Waals surface area contributed by atoms with Crippen molar-refractivity contribution in [2.24, 2.45) is 0 Å². The molecule has 1 heterocycles. The highest BCUT2D eigenvalue weighted by molar-refractivity contribution is 7.99. The molecular formula is C22H24N4O3S. The molecule has 0 aliphatic carbocycles. The number of aryl methyl sites for hydroxylation is 1. The number of thioether (sulfide) groups is 1. The van der Waals surface area contributed by atoms with Crippen LogP contribution in [0.15, 0.2) is 53.7 Å². The summed E-state index contributed by atoms with van der Waals surface area (Å²) in [5, 5.41) is 12.1. The van der Waals surface area contributed by atoms with Gasteiger partial charge in [0.05, 0.1) is 17.9 Å². The number of benzene rings is 2. The average Bonchev–Trinajstić information content (AvgIpc) is 3.16. The molecule has 0 spiro atoms. The van der Waals surface area contributed by atoms with E-state index in [-0.39, 0.29) is 11.7 Å². The largest absolute Gasteiger partial charge is 0.462 e. The summed E-state index contributed by atoms with van der Waals surface area (Å²) in [6.07, 6.45) is 0. The maximum Gasteiger partial charge on any atom is 0.338 e. The van der Waals surface area contributed by atoms with E-state index in [9.17, 15) is 9.59 Å². The van der Waals surface area contributed by atoms with Gasteiger partial charge in [0.2, 0.25) is 5.91 Å². The first-order valence-electron chi connectivity index (χ1n) is 9.72. The van der Waals surface area contributed by atoms with Crippen molar-refractivity contribution in [3.05, 3.63) is 59.7 Å². The average molecular weight is 425 g/mol. The Hall–Kier alpha value is -3.13. The third-order valence-electron chi connectivity index (χ3n) is 4.33. The molecule has 156 valence electrons. The number of carbonyl (C=O) groups excluding carboxylic acids is 2. The van der Waals surface area contributed by atoms with E-state index in [1.807, 2.05) is 42.7 Å². The molecule has 30 heavy (non-hydrogen) atoms. The van der Waals surface area contributed by atoms with Crippen molar-refractivity contribution in [2.45, 2.75) is 32.5 Å². The van der Waals surface area contributed by atoms with Gasteiger partial charge in [-0.25, -0.2) is 4.79 Å². The van der Waals surface area contributed by atoms with E-state index in [0.717, 1.165) is 11.4 Å². The molecule has 0 saturated heterocycles. The number of rotatable bonds is 8. The molecular weight excluding hydrogens is 400 g/mol. The molecule has 0 aliphatic heterocycles. The third-order valence-corrected chi connectivity index (χ3v) is 5.30. The van der Waals surface area contributed by atoms with Crippen molar-refractivity contribution in [1.82, 2.24) is 14.8 Å². The molecule has 0 radical (unpaired) electrons. The standard InChI is InChI=1S/C22H24N4O3S/c1-4-26-20(16-11-9-15(3)10-12-16)24-25-22(26)30-14-19(27)23-18-8-6-7-17(13-18)21(28)29-5-2/h6-13H,4-5,14H2,1-3H3,(H,23,27). The van der Waals surface area contributed by atoms with E-state index in [0.29, 0.717) is 29.6 Å². The molecule has 0 aliphatic rings. The van der Waals surface area contributed by atoms with Crippen LogP contribution >= 0.6 is 11.8 Å². The summed E-state index contributed by atoms with van der Waals surface area (Å²) >= 11 is 1.32. The number of ether oxygens (including phenoxy) is 1. The predicted molar refractivity (Wildman–Crippen MR) is 118 cm³/mol. The fourth-order valence-electron chi connectivity index (χ4n) is 2.86. The molecule has 0 saturated carbocycles. The van der Waals surface area contributed by atoms with Crippen molar-refractivity contribution >= 4 is 29.3 Å².